The van der Waals surface area contributed by atoms with Crippen molar-refractivity contribution in [2.75, 3.05) is 26.2 Å². The predicted molar refractivity (Wildman–Crippen MR) is 67.8 cm³/mol. The van der Waals surface area contributed by atoms with E-state index >= 15 is 0 Å². The van der Waals surface area contributed by atoms with Crippen LogP contribution in [0, 0.1) is 6.92 Å². The summed E-state index contributed by atoms with van der Waals surface area (Å²) in [6.45, 7) is 7.81. The SMILES string of the molecule is Cc1ccc(C(C)N2CCOC(CN)C2)s1. The summed E-state index contributed by atoms with van der Waals surface area (Å²) in [5.74, 6) is 0. The molecule has 2 atom stereocenters. The van der Waals surface area contributed by atoms with E-state index in [0.717, 1.165) is 19.7 Å². The maximum Gasteiger partial charge on any atom is 0.0824 e. The van der Waals surface area contributed by atoms with Gasteiger partial charge in [-0.2, -0.15) is 0 Å². The molecule has 0 spiro atoms. The van der Waals surface area contributed by atoms with Gasteiger partial charge in [-0.3, -0.25) is 4.90 Å². The van der Waals surface area contributed by atoms with Crippen LogP contribution in [0.5, 0.6) is 0 Å². The molecule has 90 valence electrons. The lowest BCUT2D eigenvalue weighted by molar-refractivity contribution is -0.0359. The molecule has 0 bridgehead atoms. The second-order valence-electron chi connectivity index (χ2n) is 4.35. The molecule has 2 rings (SSSR count). The third-order valence-corrected chi connectivity index (χ3v) is 4.32. The van der Waals surface area contributed by atoms with Crippen molar-refractivity contribution in [1.82, 2.24) is 4.90 Å². The molecule has 2 N–H and O–H groups in total. The number of aryl methyl sites for hydroxylation is 1. The zero-order valence-electron chi connectivity index (χ0n) is 9.98. The van der Waals surface area contributed by atoms with Gasteiger partial charge in [-0.25, -0.2) is 0 Å². The minimum Gasteiger partial charge on any atom is -0.374 e. The van der Waals surface area contributed by atoms with Gasteiger partial charge in [-0.05, 0) is 26.0 Å². The van der Waals surface area contributed by atoms with Gasteiger partial charge >= 0.3 is 0 Å². The lowest BCUT2D eigenvalue weighted by Crippen LogP contribution is -2.46. The first-order valence-electron chi connectivity index (χ1n) is 5.82. The molecule has 0 aromatic carbocycles. The Kier molecular flexibility index (Phi) is 3.97. The van der Waals surface area contributed by atoms with Crippen LogP contribution in [0.1, 0.15) is 22.7 Å². The summed E-state index contributed by atoms with van der Waals surface area (Å²) in [4.78, 5) is 5.28. The number of hydrogen-bond donors (Lipinski definition) is 1. The first-order chi connectivity index (χ1) is 7.70. The van der Waals surface area contributed by atoms with Crippen molar-refractivity contribution in [2.24, 2.45) is 5.73 Å². The molecule has 0 aliphatic carbocycles. The largest absolute Gasteiger partial charge is 0.374 e. The molecule has 1 aliphatic heterocycles. The van der Waals surface area contributed by atoms with E-state index in [9.17, 15) is 0 Å². The molecule has 16 heavy (non-hydrogen) atoms. The second kappa shape index (κ2) is 5.27. The Morgan fingerprint density at radius 1 is 1.62 bits per heavy atom. The molecule has 1 aliphatic rings. The average molecular weight is 240 g/mol. The highest BCUT2D eigenvalue weighted by Crippen LogP contribution is 2.28. The fourth-order valence-corrected chi connectivity index (χ4v) is 3.06. The fourth-order valence-electron chi connectivity index (χ4n) is 2.09. The number of ether oxygens (including phenoxy) is 1. The third-order valence-electron chi connectivity index (χ3n) is 3.15. The van der Waals surface area contributed by atoms with Crippen LogP contribution in [0.2, 0.25) is 0 Å². The van der Waals surface area contributed by atoms with Gasteiger partial charge in [0.15, 0.2) is 0 Å². The van der Waals surface area contributed by atoms with Crippen LogP contribution in [0.15, 0.2) is 12.1 Å². The van der Waals surface area contributed by atoms with E-state index in [1.807, 2.05) is 11.3 Å². The molecular weight excluding hydrogens is 220 g/mol. The maximum absolute atomic E-state index is 5.66. The Labute approximate surface area is 101 Å². The number of hydrogen-bond acceptors (Lipinski definition) is 4. The van der Waals surface area contributed by atoms with E-state index in [4.69, 9.17) is 10.5 Å². The molecule has 0 amide bonds. The number of morpholine rings is 1. The monoisotopic (exact) mass is 240 g/mol. The second-order valence-corrected chi connectivity index (χ2v) is 5.67. The Balaban J connectivity index is 2.01. The van der Waals surface area contributed by atoms with Crippen LogP contribution < -0.4 is 5.73 Å². The van der Waals surface area contributed by atoms with Crippen molar-refractivity contribution in [1.29, 1.82) is 0 Å². The van der Waals surface area contributed by atoms with Crippen molar-refractivity contribution in [2.45, 2.75) is 26.0 Å². The Morgan fingerprint density at radius 3 is 3.06 bits per heavy atom. The van der Waals surface area contributed by atoms with Crippen LogP contribution >= 0.6 is 11.3 Å². The number of nitrogens with zero attached hydrogens (tertiary/aromatic N) is 1. The van der Waals surface area contributed by atoms with Crippen LogP contribution in [-0.4, -0.2) is 37.2 Å². The lowest BCUT2D eigenvalue weighted by atomic mass is 10.2. The highest BCUT2D eigenvalue weighted by Gasteiger charge is 2.24. The van der Waals surface area contributed by atoms with Gasteiger partial charge in [-0.1, -0.05) is 0 Å². The van der Waals surface area contributed by atoms with E-state index in [1.54, 1.807) is 0 Å². The molecule has 1 aromatic heterocycles. The van der Waals surface area contributed by atoms with Gasteiger partial charge in [-0.15, -0.1) is 11.3 Å². The predicted octanol–water partition coefficient (Wildman–Crippen LogP) is 1.78. The lowest BCUT2D eigenvalue weighted by Gasteiger charge is -2.36. The smallest absolute Gasteiger partial charge is 0.0824 e. The summed E-state index contributed by atoms with van der Waals surface area (Å²) >= 11 is 1.88. The van der Waals surface area contributed by atoms with Gasteiger partial charge < -0.3 is 10.5 Å². The Hall–Kier alpha value is -0.420. The molecule has 0 radical (unpaired) electrons. The summed E-state index contributed by atoms with van der Waals surface area (Å²) in [5.41, 5.74) is 5.66. The number of thiophene rings is 1. The van der Waals surface area contributed by atoms with E-state index < -0.39 is 0 Å². The molecular formula is C12H20N2OS. The molecule has 2 heterocycles. The minimum absolute atomic E-state index is 0.206. The van der Waals surface area contributed by atoms with Crippen molar-refractivity contribution in [3.63, 3.8) is 0 Å². The third kappa shape index (κ3) is 2.63. The van der Waals surface area contributed by atoms with E-state index in [0.29, 0.717) is 12.6 Å². The number of rotatable bonds is 3. The van der Waals surface area contributed by atoms with Gasteiger partial charge in [0.2, 0.25) is 0 Å². The molecule has 2 unspecified atom stereocenters. The van der Waals surface area contributed by atoms with E-state index in [-0.39, 0.29) is 6.10 Å². The van der Waals surface area contributed by atoms with Crippen LogP contribution in [0.3, 0.4) is 0 Å². The molecule has 1 aromatic rings. The molecule has 1 saturated heterocycles. The zero-order chi connectivity index (χ0) is 11.5. The van der Waals surface area contributed by atoms with Crippen LogP contribution in [0.4, 0.5) is 0 Å². The molecule has 1 fully saturated rings. The van der Waals surface area contributed by atoms with E-state index in [2.05, 4.69) is 30.9 Å². The summed E-state index contributed by atoms with van der Waals surface area (Å²) in [5, 5.41) is 0. The fraction of sp³-hybridized carbons (Fsp3) is 0.667. The van der Waals surface area contributed by atoms with E-state index in [1.165, 1.54) is 9.75 Å². The number of nitrogens with two attached hydrogens (primary N) is 1. The topological polar surface area (TPSA) is 38.5 Å². The quantitative estimate of drug-likeness (QED) is 0.875. The normalized spacial score (nSPS) is 24.6. The van der Waals surface area contributed by atoms with Crippen molar-refractivity contribution in [3.05, 3.63) is 21.9 Å². The summed E-state index contributed by atoms with van der Waals surface area (Å²) in [7, 11) is 0. The van der Waals surface area contributed by atoms with Gasteiger partial charge in [0.25, 0.3) is 0 Å². The Bertz CT molecular complexity index is 340. The highest BCUT2D eigenvalue weighted by molar-refractivity contribution is 7.12. The maximum atomic E-state index is 5.66. The average Bonchev–Trinajstić information content (AvgIpc) is 2.75. The minimum atomic E-state index is 0.206. The first kappa shape index (κ1) is 12.0. The van der Waals surface area contributed by atoms with Crippen LogP contribution in [-0.2, 0) is 4.74 Å². The Morgan fingerprint density at radius 2 is 2.44 bits per heavy atom. The zero-order valence-corrected chi connectivity index (χ0v) is 10.8. The molecule has 3 nitrogen and oxygen atoms in total. The summed E-state index contributed by atoms with van der Waals surface area (Å²) in [6.07, 6.45) is 0.206. The van der Waals surface area contributed by atoms with Crippen molar-refractivity contribution < 1.29 is 4.74 Å². The summed E-state index contributed by atoms with van der Waals surface area (Å²) < 4.78 is 5.59. The first-order valence-corrected chi connectivity index (χ1v) is 6.64. The molecule has 4 heteroatoms. The standard InChI is InChI=1S/C12H20N2OS/c1-9-3-4-12(16-9)10(2)14-5-6-15-11(7-13)8-14/h3-4,10-11H,5-8,13H2,1-2H3. The highest BCUT2D eigenvalue weighted by atomic mass is 32.1. The molecule has 0 saturated carbocycles. The summed E-state index contributed by atoms with van der Waals surface area (Å²) in [6, 6.07) is 4.91. The van der Waals surface area contributed by atoms with Gasteiger partial charge in [0.1, 0.15) is 0 Å². The van der Waals surface area contributed by atoms with Gasteiger partial charge in [0, 0.05) is 35.4 Å². The van der Waals surface area contributed by atoms with Crippen molar-refractivity contribution >= 4 is 11.3 Å². The van der Waals surface area contributed by atoms with Crippen LogP contribution in [0.25, 0.3) is 0 Å². The van der Waals surface area contributed by atoms with Crippen molar-refractivity contribution in [3.8, 4) is 0 Å². The van der Waals surface area contributed by atoms with Gasteiger partial charge in [0.05, 0.1) is 12.7 Å².